The molecule has 0 aromatic heterocycles. The molecule has 1 aromatic carbocycles. The predicted octanol–water partition coefficient (Wildman–Crippen LogP) is 3.90. The van der Waals surface area contributed by atoms with Gasteiger partial charge in [0.05, 0.1) is 5.56 Å². The van der Waals surface area contributed by atoms with Crippen molar-refractivity contribution in [2.24, 2.45) is 0 Å². The summed E-state index contributed by atoms with van der Waals surface area (Å²) < 4.78 is 38.0. The van der Waals surface area contributed by atoms with Gasteiger partial charge in [-0.2, -0.15) is 13.2 Å². The third-order valence-corrected chi connectivity index (χ3v) is 5.44. The normalized spacial score (nSPS) is 23.2. The Kier molecular flexibility index (Phi) is 5.37. The topological polar surface area (TPSA) is 23.6 Å². The molecule has 0 aliphatic carbocycles. The van der Waals surface area contributed by atoms with Crippen LogP contribution in [0.25, 0.3) is 0 Å². The van der Waals surface area contributed by atoms with Gasteiger partial charge in [0.1, 0.15) is 0 Å². The van der Waals surface area contributed by atoms with Gasteiger partial charge >= 0.3 is 6.18 Å². The number of fused-ring (bicyclic) bond motifs is 1. The van der Waals surface area contributed by atoms with E-state index in [9.17, 15) is 18.0 Å². The second kappa shape index (κ2) is 7.36. The lowest BCUT2D eigenvalue weighted by Gasteiger charge is -2.26. The minimum Gasteiger partial charge on any atom is -0.341 e. The lowest BCUT2D eigenvalue weighted by Crippen LogP contribution is -2.40. The molecular formula is C19H25F3N2O. The second-order valence-electron chi connectivity index (χ2n) is 7.25. The lowest BCUT2D eigenvalue weighted by atomic mass is 9.96. The Morgan fingerprint density at radius 3 is 2.52 bits per heavy atom. The van der Waals surface area contributed by atoms with Crippen LogP contribution in [0.2, 0.25) is 0 Å². The summed E-state index contributed by atoms with van der Waals surface area (Å²) in [5.74, 6) is 0.0267. The first-order valence-corrected chi connectivity index (χ1v) is 9.03. The maximum Gasteiger partial charge on any atom is 0.416 e. The molecule has 2 saturated heterocycles. The van der Waals surface area contributed by atoms with Gasteiger partial charge in [-0.15, -0.1) is 0 Å². The minimum atomic E-state index is -4.32. The van der Waals surface area contributed by atoms with E-state index in [-0.39, 0.29) is 11.8 Å². The zero-order chi connectivity index (χ0) is 18.0. The van der Waals surface area contributed by atoms with Crippen molar-refractivity contribution in [1.82, 2.24) is 9.80 Å². The van der Waals surface area contributed by atoms with Gasteiger partial charge in [-0.25, -0.2) is 0 Å². The van der Waals surface area contributed by atoms with Gasteiger partial charge in [0, 0.05) is 32.1 Å². The van der Waals surface area contributed by atoms with E-state index < -0.39 is 11.7 Å². The standard InChI is InChI=1S/C19H25F3N2O/c1-14(15-5-7-16(8-6-15)19(20,21)22)12-18(25)24-11-3-10-23-9-2-4-17(23)13-24/h5-8,14,17H,2-4,9-13H2,1H3/t14-,17-/m0/s1. The second-order valence-corrected chi connectivity index (χ2v) is 7.25. The molecule has 1 aromatic rings. The number of halogens is 3. The summed E-state index contributed by atoms with van der Waals surface area (Å²) in [5.41, 5.74) is 0.127. The molecule has 3 nitrogen and oxygen atoms in total. The minimum absolute atomic E-state index is 0.0854. The van der Waals surface area contributed by atoms with Crippen molar-refractivity contribution in [3.8, 4) is 0 Å². The van der Waals surface area contributed by atoms with Crippen LogP contribution in [0.3, 0.4) is 0 Å². The monoisotopic (exact) mass is 354 g/mol. The van der Waals surface area contributed by atoms with E-state index in [4.69, 9.17) is 0 Å². The van der Waals surface area contributed by atoms with E-state index in [0.29, 0.717) is 12.5 Å². The smallest absolute Gasteiger partial charge is 0.341 e. The molecule has 6 heteroatoms. The highest BCUT2D eigenvalue weighted by molar-refractivity contribution is 5.77. The summed E-state index contributed by atoms with van der Waals surface area (Å²) in [5, 5.41) is 0. The molecule has 0 N–H and O–H groups in total. The molecule has 138 valence electrons. The molecule has 0 radical (unpaired) electrons. The van der Waals surface area contributed by atoms with Gasteiger partial charge in [0.25, 0.3) is 0 Å². The van der Waals surface area contributed by atoms with Crippen LogP contribution in [-0.4, -0.2) is 47.9 Å². The van der Waals surface area contributed by atoms with Crippen LogP contribution in [0.5, 0.6) is 0 Å². The maximum atomic E-state index is 12.7. The molecule has 0 saturated carbocycles. The number of carbonyl (C=O) groups is 1. The summed E-state index contributed by atoms with van der Waals surface area (Å²) in [6, 6.07) is 5.65. The summed E-state index contributed by atoms with van der Waals surface area (Å²) in [6.07, 6.45) is -0.626. The number of alkyl halides is 3. The van der Waals surface area contributed by atoms with Crippen LogP contribution >= 0.6 is 0 Å². The number of nitrogens with zero attached hydrogens (tertiary/aromatic N) is 2. The fourth-order valence-corrected chi connectivity index (χ4v) is 3.94. The molecule has 0 bridgehead atoms. The van der Waals surface area contributed by atoms with Crippen LogP contribution < -0.4 is 0 Å². The molecule has 2 aliphatic heterocycles. The van der Waals surface area contributed by atoms with E-state index in [1.54, 1.807) is 0 Å². The number of amides is 1. The molecule has 3 rings (SSSR count). The van der Waals surface area contributed by atoms with Crippen molar-refractivity contribution in [1.29, 1.82) is 0 Å². The van der Waals surface area contributed by atoms with Crippen LogP contribution in [0.4, 0.5) is 13.2 Å². The Morgan fingerprint density at radius 2 is 1.84 bits per heavy atom. The Bertz CT molecular complexity index is 600. The Hall–Kier alpha value is -1.56. The van der Waals surface area contributed by atoms with Gasteiger partial charge < -0.3 is 4.90 Å². The summed E-state index contributed by atoms with van der Waals surface area (Å²) in [6.45, 7) is 5.67. The number of hydrogen-bond donors (Lipinski definition) is 0. The van der Waals surface area contributed by atoms with E-state index in [1.807, 2.05) is 11.8 Å². The first-order chi connectivity index (χ1) is 11.8. The Morgan fingerprint density at radius 1 is 1.16 bits per heavy atom. The average Bonchev–Trinajstić information content (AvgIpc) is 2.90. The molecule has 0 spiro atoms. The van der Waals surface area contributed by atoms with Crippen LogP contribution in [-0.2, 0) is 11.0 Å². The van der Waals surface area contributed by atoms with Gasteiger partial charge in [-0.3, -0.25) is 9.69 Å². The summed E-state index contributed by atoms with van der Waals surface area (Å²) >= 11 is 0. The van der Waals surface area contributed by atoms with Crippen molar-refractivity contribution in [3.63, 3.8) is 0 Å². The van der Waals surface area contributed by atoms with Crippen molar-refractivity contribution in [3.05, 3.63) is 35.4 Å². The zero-order valence-electron chi connectivity index (χ0n) is 14.6. The number of benzene rings is 1. The van der Waals surface area contributed by atoms with Crippen molar-refractivity contribution in [2.75, 3.05) is 26.2 Å². The number of carbonyl (C=O) groups excluding carboxylic acids is 1. The SMILES string of the molecule is C[C@@H](CC(=O)N1CCCN2CCC[C@H]2C1)c1ccc(C(F)(F)F)cc1. The average molecular weight is 354 g/mol. The molecule has 2 atom stereocenters. The molecule has 25 heavy (non-hydrogen) atoms. The van der Waals surface area contributed by atoms with Crippen molar-refractivity contribution in [2.45, 2.75) is 50.7 Å². The highest BCUT2D eigenvalue weighted by atomic mass is 19.4. The molecule has 0 unspecified atom stereocenters. The zero-order valence-corrected chi connectivity index (χ0v) is 14.6. The van der Waals surface area contributed by atoms with E-state index in [2.05, 4.69) is 4.90 Å². The van der Waals surface area contributed by atoms with Gasteiger partial charge in [-0.05, 0) is 49.4 Å². The quantitative estimate of drug-likeness (QED) is 0.822. The first-order valence-electron chi connectivity index (χ1n) is 9.03. The van der Waals surface area contributed by atoms with E-state index in [1.165, 1.54) is 18.6 Å². The van der Waals surface area contributed by atoms with Crippen molar-refractivity contribution >= 4 is 5.91 Å². The molecular weight excluding hydrogens is 329 g/mol. The fraction of sp³-hybridized carbons (Fsp3) is 0.632. The summed E-state index contributed by atoms with van der Waals surface area (Å²) in [7, 11) is 0. The van der Waals surface area contributed by atoms with Crippen molar-refractivity contribution < 1.29 is 18.0 Å². The Balaban J connectivity index is 1.60. The van der Waals surface area contributed by atoms with Gasteiger partial charge in [0.15, 0.2) is 0 Å². The Labute approximate surface area is 146 Å². The third kappa shape index (κ3) is 4.35. The van der Waals surface area contributed by atoms with Gasteiger partial charge in [0.2, 0.25) is 5.91 Å². The van der Waals surface area contributed by atoms with Crippen LogP contribution in [0, 0.1) is 0 Å². The van der Waals surface area contributed by atoms with E-state index in [0.717, 1.165) is 56.7 Å². The largest absolute Gasteiger partial charge is 0.416 e. The molecule has 2 fully saturated rings. The fourth-order valence-electron chi connectivity index (χ4n) is 3.94. The highest BCUT2D eigenvalue weighted by Crippen LogP contribution is 2.31. The van der Waals surface area contributed by atoms with Crippen LogP contribution in [0.15, 0.2) is 24.3 Å². The number of hydrogen-bond acceptors (Lipinski definition) is 2. The van der Waals surface area contributed by atoms with E-state index >= 15 is 0 Å². The number of rotatable bonds is 3. The lowest BCUT2D eigenvalue weighted by molar-refractivity contribution is -0.137. The highest BCUT2D eigenvalue weighted by Gasteiger charge is 2.32. The molecule has 1 amide bonds. The maximum absolute atomic E-state index is 12.7. The summed E-state index contributed by atoms with van der Waals surface area (Å²) in [4.78, 5) is 17.1. The molecule has 2 aliphatic rings. The predicted molar refractivity (Wildman–Crippen MR) is 90.3 cm³/mol. The third-order valence-electron chi connectivity index (χ3n) is 5.44. The van der Waals surface area contributed by atoms with Crippen LogP contribution in [0.1, 0.15) is 49.7 Å². The van der Waals surface area contributed by atoms with Gasteiger partial charge in [-0.1, -0.05) is 19.1 Å². The molecule has 2 heterocycles. The first kappa shape index (κ1) is 18.2.